The van der Waals surface area contributed by atoms with E-state index in [0.29, 0.717) is 18.4 Å². The Bertz CT molecular complexity index is 634. The number of hydrogen-bond donors (Lipinski definition) is 2. The van der Waals surface area contributed by atoms with Crippen LogP contribution in [0.5, 0.6) is 0 Å². The lowest BCUT2D eigenvalue weighted by Crippen LogP contribution is -2.46. The van der Waals surface area contributed by atoms with Crippen molar-refractivity contribution in [2.24, 2.45) is 4.99 Å². The van der Waals surface area contributed by atoms with Crippen LogP contribution in [0.4, 0.5) is 0 Å². The van der Waals surface area contributed by atoms with Gasteiger partial charge >= 0.3 is 0 Å². The molecule has 2 N–H and O–H groups in total. The zero-order valence-electron chi connectivity index (χ0n) is 15.6. The van der Waals surface area contributed by atoms with Crippen molar-refractivity contribution >= 4 is 15.8 Å². The van der Waals surface area contributed by atoms with Crippen LogP contribution in [0.2, 0.25) is 0 Å². The van der Waals surface area contributed by atoms with E-state index in [-0.39, 0.29) is 11.8 Å². The predicted octanol–water partition coefficient (Wildman–Crippen LogP) is 2.56. The van der Waals surface area contributed by atoms with Gasteiger partial charge in [0.25, 0.3) is 0 Å². The van der Waals surface area contributed by atoms with Crippen molar-refractivity contribution in [2.45, 2.75) is 51.3 Å². The molecule has 1 aromatic carbocycles. The second-order valence-corrected chi connectivity index (χ2v) is 9.93. The van der Waals surface area contributed by atoms with E-state index >= 15 is 0 Å². The topological polar surface area (TPSA) is 70.6 Å². The fourth-order valence-electron chi connectivity index (χ4n) is 2.19. The number of rotatable bonds is 6. The molecule has 5 nitrogen and oxygen atoms in total. The first-order chi connectivity index (χ1) is 11.1. The minimum absolute atomic E-state index is 0.0832. The molecule has 2 unspecified atom stereocenters. The second kappa shape index (κ2) is 8.51. The summed E-state index contributed by atoms with van der Waals surface area (Å²) in [6.07, 6.45) is 0. The van der Waals surface area contributed by atoms with Gasteiger partial charge in [0.1, 0.15) is 0 Å². The van der Waals surface area contributed by atoms with Gasteiger partial charge in [-0.3, -0.25) is 4.99 Å². The lowest BCUT2D eigenvalue weighted by Gasteiger charge is -2.24. The largest absolute Gasteiger partial charge is 0.355 e. The number of nitrogens with zero attached hydrogens (tertiary/aromatic N) is 1. The highest BCUT2D eigenvalue weighted by Crippen LogP contribution is 2.18. The molecule has 0 aliphatic heterocycles. The second-order valence-electron chi connectivity index (χ2n) is 7.06. The van der Waals surface area contributed by atoms with Crippen LogP contribution >= 0.6 is 0 Å². The third-order valence-corrected chi connectivity index (χ3v) is 6.87. The molecule has 0 aliphatic rings. The molecule has 6 heteroatoms. The number of guanidine groups is 1. The number of aliphatic imine (C=N–C) groups is 1. The van der Waals surface area contributed by atoms with Crippen molar-refractivity contribution in [3.05, 3.63) is 35.9 Å². The third-order valence-electron chi connectivity index (χ3n) is 4.26. The Labute approximate surface area is 146 Å². The number of benzene rings is 1. The minimum Gasteiger partial charge on any atom is -0.355 e. The van der Waals surface area contributed by atoms with E-state index in [1.165, 1.54) is 5.56 Å². The maximum Gasteiger partial charge on any atom is 0.191 e. The molecular formula is C18H31N3O2S. The fourth-order valence-corrected chi connectivity index (χ4v) is 3.17. The van der Waals surface area contributed by atoms with E-state index in [0.717, 1.165) is 0 Å². The molecule has 0 amide bonds. The van der Waals surface area contributed by atoms with Crippen LogP contribution in [0.15, 0.2) is 35.3 Å². The average molecular weight is 354 g/mol. The molecule has 0 aliphatic carbocycles. The first kappa shape index (κ1) is 20.5. The molecular weight excluding hydrogens is 322 g/mol. The van der Waals surface area contributed by atoms with Crippen molar-refractivity contribution in [2.75, 3.05) is 19.3 Å². The Morgan fingerprint density at radius 3 is 2.25 bits per heavy atom. The average Bonchev–Trinajstić information content (AvgIpc) is 2.52. The monoisotopic (exact) mass is 353 g/mol. The first-order valence-electron chi connectivity index (χ1n) is 8.33. The van der Waals surface area contributed by atoms with Crippen molar-refractivity contribution in [1.82, 2.24) is 10.6 Å². The molecule has 0 aromatic heterocycles. The van der Waals surface area contributed by atoms with Gasteiger partial charge in [-0.25, -0.2) is 8.42 Å². The van der Waals surface area contributed by atoms with Crippen LogP contribution in [-0.2, 0) is 9.84 Å². The van der Waals surface area contributed by atoms with Crippen LogP contribution in [-0.4, -0.2) is 44.5 Å². The maximum atomic E-state index is 12.1. The normalized spacial score (nSPS) is 15.7. The summed E-state index contributed by atoms with van der Waals surface area (Å²) in [5.74, 6) is 1.01. The predicted molar refractivity (Wildman–Crippen MR) is 102 cm³/mol. The lowest BCUT2D eigenvalue weighted by atomic mass is 9.94. The molecule has 2 atom stereocenters. The molecule has 0 bridgehead atoms. The highest BCUT2D eigenvalue weighted by atomic mass is 32.2. The van der Waals surface area contributed by atoms with Crippen molar-refractivity contribution in [3.8, 4) is 0 Å². The number of sulfone groups is 1. The van der Waals surface area contributed by atoms with Crippen molar-refractivity contribution in [1.29, 1.82) is 0 Å². The summed E-state index contributed by atoms with van der Waals surface area (Å²) in [6.45, 7) is 9.75. The smallest absolute Gasteiger partial charge is 0.191 e. The van der Waals surface area contributed by atoms with E-state index in [4.69, 9.17) is 0 Å². The van der Waals surface area contributed by atoms with Gasteiger partial charge in [0.2, 0.25) is 0 Å². The van der Waals surface area contributed by atoms with E-state index in [1.807, 2.05) is 18.2 Å². The standard InChI is InChI=1S/C18H31N3O2S/c1-14(16-10-8-7-9-11-16)15(2)21-17(19-6)20-12-13-24(22,23)18(3,4)5/h7-11,14-15H,12-13H2,1-6H3,(H2,19,20,21). The third kappa shape index (κ3) is 5.82. The molecule has 0 radical (unpaired) electrons. The Hall–Kier alpha value is -1.56. The zero-order valence-corrected chi connectivity index (χ0v) is 16.4. The lowest BCUT2D eigenvalue weighted by molar-refractivity contribution is 0.548. The Morgan fingerprint density at radius 1 is 1.17 bits per heavy atom. The highest BCUT2D eigenvalue weighted by Gasteiger charge is 2.28. The fraction of sp³-hybridized carbons (Fsp3) is 0.611. The number of nitrogens with one attached hydrogen (secondary N) is 2. The molecule has 1 rings (SSSR count). The Kier molecular flexibility index (Phi) is 7.27. The minimum atomic E-state index is -3.13. The number of hydrogen-bond acceptors (Lipinski definition) is 3. The summed E-state index contributed by atoms with van der Waals surface area (Å²) in [7, 11) is -1.45. The molecule has 136 valence electrons. The van der Waals surface area contributed by atoms with Gasteiger partial charge in [-0.2, -0.15) is 0 Å². The van der Waals surface area contributed by atoms with Crippen molar-refractivity contribution in [3.63, 3.8) is 0 Å². The molecule has 24 heavy (non-hydrogen) atoms. The van der Waals surface area contributed by atoms with Gasteiger partial charge in [-0.05, 0) is 33.3 Å². The van der Waals surface area contributed by atoms with Gasteiger partial charge < -0.3 is 10.6 Å². The van der Waals surface area contributed by atoms with Gasteiger partial charge in [-0.15, -0.1) is 0 Å². The van der Waals surface area contributed by atoms with Gasteiger partial charge in [0.15, 0.2) is 15.8 Å². The Balaban J connectivity index is 2.57. The quantitative estimate of drug-likeness (QED) is 0.609. The maximum absolute atomic E-state index is 12.1. The SMILES string of the molecule is CN=C(NCCS(=O)(=O)C(C)(C)C)NC(C)C(C)c1ccccc1. The first-order valence-corrected chi connectivity index (χ1v) is 9.98. The van der Waals surface area contributed by atoms with Gasteiger partial charge in [0, 0.05) is 25.6 Å². The molecule has 1 aromatic rings. The zero-order chi connectivity index (χ0) is 18.4. The Morgan fingerprint density at radius 2 is 1.75 bits per heavy atom. The molecule has 0 fully saturated rings. The van der Waals surface area contributed by atoms with E-state index in [2.05, 4.69) is 41.6 Å². The van der Waals surface area contributed by atoms with Crippen LogP contribution in [0.1, 0.15) is 46.1 Å². The molecule has 0 spiro atoms. The summed E-state index contributed by atoms with van der Waals surface area (Å²) in [5, 5.41) is 6.43. The molecule has 0 saturated heterocycles. The molecule has 0 heterocycles. The van der Waals surface area contributed by atoms with E-state index in [9.17, 15) is 8.42 Å². The van der Waals surface area contributed by atoms with Crippen LogP contribution < -0.4 is 10.6 Å². The summed E-state index contributed by atoms with van der Waals surface area (Å²) in [5.41, 5.74) is 1.25. The summed E-state index contributed by atoms with van der Waals surface area (Å²) in [6, 6.07) is 10.4. The van der Waals surface area contributed by atoms with Gasteiger partial charge in [0.05, 0.1) is 10.5 Å². The van der Waals surface area contributed by atoms with E-state index in [1.54, 1.807) is 27.8 Å². The van der Waals surface area contributed by atoms with Crippen LogP contribution in [0, 0.1) is 0 Å². The molecule has 0 saturated carbocycles. The highest BCUT2D eigenvalue weighted by molar-refractivity contribution is 7.92. The van der Waals surface area contributed by atoms with E-state index < -0.39 is 14.6 Å². The van der Waals surface area contributed by atoms with Gasteiger partial charge in [-0.1, -0.05) is 37.3 Å². The summed E-state index contributed by atoms with van der Waals surface area (Å²) < 4.78 is 23.5. The summed E-state index contributed by atoms with van der Waals surface area (Å²) in [4.78, 5) is 4.19. The van der Waals surface area contributed by atoms with Crippen LogP contribution in [0.25, 0.3) is 0 Å². The van der Waals surface area contributed by atoms with Crippen LogP contribution in [0.3, 0.4) is 0 Å². The summed E-state index contributed by atoms with van der Waals surface area (Å²) >= 11 is 0. The van der Waals surface area contributed by atoms with Crippen molar-refractivity contribution < 1.29 is 8.42 Å².